The fourth-order valence-corrected chi connectivity index (χ4v) is 1.02. The van der Waals surface area contributed by atoms with Crippen LogP contribution in [0.25, 0.3) is 5.52 Å². The Morgan fingerprint density at radius 2 is 2.40 bits per heavy atom. The molecule has 0 aromatic carbocycles. The lowest BCUT2D eigenvalue weighted by molar-refractivity contribution is 0.128. The number of aromatic nitrogens is 3. The second kappa shape index (κ2) is 1.67. The van der Waals surface area contributed by atoms with Crippen molar-refractivity contribution in [3.8, 4) is 0 Å². The lowest BCUT2D eigenvalue weighted by atomic mass is 10.5. The minimum Gasteiger partial charge on any atom is -0.412 e. The summed E-state index contributed by atoms with van der Waals surface area (Å²) in [5.41, 5.74) is 0.698. The molecular formula is C5H4ClN3O. The monoisotopic (exact) mass is 157 g/mol. The van der Waals surface area contributed by atoms with Crippen LogP contribution in [0.15, 0.2) is 18.5 Å². The number of halogens is 1. The van der Waals surface area contributed by atoms with Crippen LogP contribution in [0, 0.1) is 0 Å². The van der Waals surface area contributed by atoms with Crippen LogP contribution in [0.3, 0.4) is 0 Å². The highest BCUT2D eigenvalue weighted by atomic mass is 35.5. The smallest absolute Gasteiger partial charge is 0.109 e. The van der Waals surface area contributed by atoms with Crippen LogP contribution < -0.4 is 0 Å². The zero-order valence-electron chi connectivity index (χ0n) is 4.90. The summed E-state index contributed by atoms with van der Waals surface area (Å²) in [6, 6.07) is 1.68. The number of fused-ring (bicyclic) bond motifs is 1. The Bertz CT molecular complexity index is 328. The minimum absolute atomic E-state index is 0.535. The fourth-order valence-electron chi connectivity index (χ4n) is 0.839. The Hall–Kier alpha value is -1.16. The Morgan fingerprint density at radius 3 is 3.10 bits per heavy atom. The average molecular weight is 158 g/mol. The maximum Gasteiger partial charge on any atom is 0.109 e. The largest absolute Gasteiger partial charge is 0.412 e. The molecule has 5 heteroatoms. The molecule has 0 aliphatic heterocycles. The quantitative estimate of drug-likeness (QED) is 0.581. The van der Waals surface area contributed by atoms with Crippen molar-refractivity contribution in [3.05, 3.63) is 23.5 Å². The van der Waals surface area contributed by atoms with Gasteiger partial charge in [-0.1, -0.05) is 11.6 Å². The van der Waals surface area contributed by atoms with Crippen molar-refractivity contribution in [1.29, 1.82) is 0 Å². The molecule has 2 aromatic rings. The molecule has 0 aliphatic carbocycles. The lowest BCUT2D eigenvalue weighted by Crippen LogP contribution is -1.99. The summed E-state index contributed by atoms with van der Waals surface area (Å²) in [5.74, 6) is 0. The van der Waals surface area contributed by atoms with Gasteiger partial charge >= 0.3 is 0 Å². The molecule has 2 rings (SSSR count). The van der Waals surface area contributed by atoms with Gasteiger partial charge in [0.15, 0.2) is 0 Å². The highest BCUT2D eigenvalue weighted by Crippen LogP contribution is 2.15. The molecule has 10 heavy (non-hydrogen) atoms. The van der Waals surface area contributed by atoms with E-state index in [0.29, 0.717) is 10.5 Å². The van der Waals surface area contributed by atoms with Gasteiger partial charge in [0.2, 0.25) is 0 Å². The van der Waals surface area contributed by atoms with Gasteiger partial charge in [-0.25, -0.2) is 0 Å². The van der Waals surface area contributed by atoms with Gasteiger partial charge in [0.05, 0.1) is 17.4 Å². The van der Waals surface area contributed by atoms with Crippen molar-refractivity contribution < 1.29 is 5.21 Å². The maximum atomic E-state index is 8.98. The predicted molar refractivity (Wildman–Crippen MR) is 35.4 cm³/mol. The molecule has 0 fully saturated rings. The zero-order valence-corrected chi connectivity index (χ0v) is 5.65. The van der Waals surface area contributed by atoms with E-state index in [2.05, 4.69) is 5.10 Å². The molecule has 0 amide bonds. The van der Waals surface area contributed by atoms with Crippen LogP contribution in [-0.4, -0.2) is 19.8 Å². The summed E-state index contributed by atoms with van der Waals surface area (Å²) in [4.78, 5) is 0.862. The summed E-state index contributed by atoms with van der Waals surface area (Å²) in [6.45, 7) is 0. The molecule has 2 aromatic heterocycles. The Balaban J connectivity index is 2.95. The van der Waals surface area contributed by atoms with Crippen LogP contribution in [0.5, 0.6) is 0 Å². The van der Waals surface area contributed by atoms with E-state index < -0.39 is 0 Å². The zero-order chi connectivity index (χ0) is 7.14. The summed E-state index contributed by atoms with van der Waals surface area (Å²) in [5, 5.41) is 13.3. The van der Waals surface area contributed by atoms with Crippen LogP contribution in [-0.2, 0) is 0 Å². The van der Waals surface area contributed by atoms with E-state index in [0.717, 1.165) is 4.85 Å². The molecule has 2 heterocycles. The molecule has 0 spiro atoms. The highest BCUT2D eigenvalue weighted by Gasteiger charge is 2.02. The lowest BCUT2D eigenvalue weighted by Gasteiger charge is -1.88. The first kappa shape index (κ1) is 5.61. The summed E-state index contributed by atoms with van der Waals surface area (Å²) >= 11 is 5.68. The minimum atomic E-state index is 0.535. The van der Waals surface area contributed by atoms with Crippen molar-refractivity contribution in [3.63, 3.8) is 0 Å². The Morgan fingerprint density at radius 1 is 1.60 bits per heavy atom. The SMILES string of the molecule is On1ccc2c(Cl)cnn21. The molecule has 0 atom stereocenters. The van der Waals surface area contributed by atoms with E-state index in [1.807, 2.05) is 0 Å². The number of hydrogen-bond donors (Lipinski definition) is 1. The van der Waals surface area contributed by atoms with Crippen molar-refractivity contribution in [2.75, 3.05) is 0 Å². The molecule has 52 valence electrons. The van der Waals surface area contributed by atoms with Gasteiger partial charge in [0.25, 0.3) is 0 Å². The molecule has 1 N–H and O–H groups in total. The van der Waals surface area contributed by atoms with Gasteiger partial charge in [-0.3, -0.25) is 0 Å². The van der Waals surface area contributed by atoms with Gasteiger partial charge in [-0.05, 0) is 6.07 Å². The Labute approximate surface area is 61.2 Å². The molecule has 0 aliphatic rings. The first-order chi connectivity index (χ1) is 4.79. The normalized spacial score (nSPS) is 10.9. The van der Waals surface area contributed by atoms with Crippen LogP contribution in [0.1, 0.15) is 0 Å². The predicted octanol–water partition coefficient (Wildman–Crippen LogP) is 1.03. The molecule has 0 unspecified atom stereocenters. The van der Waals surface area contributed by atoms with Crippen molar-refractivity contribution in [2.24, 2.45) is 0 Å². The second-order valence-corrected chi connectivity index (χ2v) is 2.31. The first-order valence-corrected chi connectivity index (χ1v) is 3.07. The standard InChI is InChI=1S/C5H4ClN3O/c6-4-3-7-9-5(4)1-2-8(9)10/h1-3,10H. The van der Waals surface area contributed by atoms with E-state index in [-0.39, 0.29) is 0 Å². The van der Waals surface area contributed by atoms with E-state index >= 15 is 0 Å². The number of nitrogens with zero attached hydrogens (tertiary/aromatic N) is 3. The summed E-state index contributed by atoms with van der Waals surface area (Å²) in [7, 11) is 0. The van der Waals surface area contributed by atoms with Crippen LogP contribution in [0.2, 0.25) is 5.02 Å². The molecule has 0 saturated carbocycles. The van der Waals surface area contributed by atoms with E-state index in [1.54, 1.807) is 6.07 Å². The number of hydrogen-bond acceptors (Lipinski definition) is 2. The first-order valence-electron chi connectivity index (χ1n) is 2.69. The van der Waals surface area contributed by atoms with Gasteiger partial charge in [-0.15, -0.1) is 9.48 Å². The van der Waals surface area contributed by atoms with Crippen molar-refractivity contribution >= 4 is 17.1 Å². The Kier molecular flexibility index (Phi) is 0.935. The summed E-state index contributed by atoms with van der Waals surface area (Å²) < 4.78 is 1.29. The highest BCUT2D eigenvalue weighted by molar-refractivity contribution is 6.33. The van der Waals surface area contributed by atoms with Crippen LogP contribution in [0.4, 0.5) is 0 Å². The molecule has 0 saturated heterocycles. The van der Waals surface area contributed by atoms with Gasteiger partial charge in [0.1, 0.15) is 5.52 Å². The average Bonchev–Trinajstić information content (AvgIpc) is 2.41. The van der Waals surface area contributed by atoms with E-state index in [9.17, 15) is 0 Å². The van der Waals surface area contributed by atoms with E-state index in [1.165, 1.54) is 17.0 Å². The summed E-state index contributed by atoms with van der Waals surface area (Å²) in [6.07, 6.45) is 2.94. The van der Waals surface area contributed by atoms with Gasteiger partial charge < -0.3 is 5.21 Å². The third-order valence-electron chi connectivity index (χ3n) is 1.30. The third kappa shape index (κ3) is 0.537. The van der Waals surface area contributed by atoms with E-state index in [4.69, 9.17) is 16.8 Å². The fraction of sp³-hybridized carbons (Fsp3) is 0. The molecule has 0 radical (unpaired) electrons. The van der Waals surface area contributed by atoms with Gasteiger partial charge in [0, 0.05) is 0 Å². The topological polar surface area (TPSA) is 42.5 Å². The molecule has 0 bridgehead atoms. The second-order valence-electron chi connectivity index (χ2n) is 1.90. The molecule has 4 nitrogen and oxygen atoms in total. The van der Waals surface area contributed by atoms with Crippen molar-refractivity contribution in [1.82, 2.24) is 14.6 Å². The number of rotatable bonds is 0. The van der Waals surface area contributed by atoms with Gasteiger partial charge in [-0.2, -0.15) is 5.10 Å². The third-order valence-corrected chi connectivity index (χ3v) is 1.59. The van der Waals surface area contributed by atoms with Crippen molar-refractivity contribution in [2.45, 2.75) is 0 Å². The molecular weight excluding hydrogens is 154 g/mol. The van der Waals surface area contributed by atoms with Crippen LogP contribution >= 0.6 is 11.6 Å². The maximum absolute atomic E-state index is 8.98.